The molecule has 0 bridgehead atoms. The fraction of sp³-hybridized carbons (Fsp3) is 0.250. The molecule has 1 amide bonds. The number of anilines is 1. The van der Waals surface area contributed by atoms with Crippen molar-refractivity contribution in [1.82, 2.24) is 15.2 Å². The molecule has 0 unspecified atom stereocenters. The van der Waals surface area contributed by atoms with Crippen molar-refractivity contribution in [3.05, 3.63) is 94.4 Å². The summed E-state index contributed by atoms with van der Waals surface area (Å²) in [5, 5.41) is 3.57. The van der Waals surface area contributed by atoms with Crippen LogP contribution in [0.2, 0.25) is 5.02 Å². The van der Waals surface area contributed by atoms with Crippen LogP contribution in [0.15, 0.2) is 66.9 Å². The van der Waals surface area contributed by atoms with Gasteiger partial charge in [0.1, 0.15) is 11.6 Å². The van der Waals surface area contributed by atoms with Crippen LogP contribution in [0.4, 0.5) is 10.2 Å². The van der Waals surface area contributed by atoms with Crippen molar-refractivity contribution < 1.29 is 9.18 Å². The highest BCUT2D eigenvalue weighted by Crippen LogP contribution is 2.20. The van der Waals surface area contributed by atoms with Crippen molar-refractivity contribution in [2.24, 2.45) is 0 Å². The number of benzene rings is 2. The first-order valence-electron chi connectivity index (χ1n) is 10.3. The van der Waals surface area contributed by atoms with Gasteiger partial charge in [-0.3, -0.25) is 9.69 Å². The Bertz CT molecular complexity index is 1020. The number of nitrogens with one attached hydrogen (secondary N) is 1. The SMILES string of the molecule is O=C(NCc1cccnc1N1CCN(Cc2ccc(F)cc2)CC1)c1ccc(Cl)cc1. The summed E-state index contributed by atoms with van der Waals surface area (Å²) in [6, 6.07) is 17.4. The van der Waals surface area contributed by atoms with Gasteiger partial charge in [0.05, 0.1) is 0 Å². The smallest absolute Gasteiger partial charge is 0.251 e. The van der Waals surface area contributed by atoms with Gasteiger partial charge in [0, 0.05) is 61.6 Å². The Labute approximate surface area is 186 Å². The maximum absolute atomic E-state index is 13.1. The van der Waals surface area contributed by atoms with Gasteiger partial charge in [-0.05, 0) is 48.0 Å². The van der Waals surface area contributed by atoms with Crippen molar-refractivity contribution in [1.29, 1.82) is 0 Å². The van der Waals surface area contributed by atoms with Gasteiger partial charge >= 0.3 is 0 Å². The third-order valence-corrected chi connectivity index (χ3v) is 5.66. The van der Waals surface area contributed by atoms with E-state index in [9.17, 15) is 9.18 Å². The number of carbonyl (C=O) groups excluding carboxylic acids is 1. The highest BCUT2D eigenvalue weighted by Gasteiger charge is 2.20. The van der Waals surface area contributed by atoms with Crippen molar-refractivity contribution in [2.45, 2.75) is 13.1 Å². The molecule has 1 aliphatic heterocycles. The summed E-state index contributed by atoms with van der Waals surface area (Å²) in [5.74, 6) is 0.551. The first-order chi connectivity index (χ1) is 15.1. The van der Waals surface area contributed by atoms with Crippen LogP contribution >= 0.6 is 11.6 Å². The lowest BCUT2D eigenvalue weighted by molar-refractivity contribution is 0.0951. The predicted octanol–water partition coefficient (Wildman–Crippen LogP) is 4.13. The second kappa shape index (κ2) is 9.90. The van der Waals surface area contributed by atoms with Crippen LogP contribution in [-0.2, 0) is 13.1 Å². The van der Waals surface area contributed by atoms with Gasteiger partial charge in [-0.15, -0.1) is 0 Å². The Hall–Kier alpha value is -2.96. The monoisotopic (exact) mass is 438 g/mol. The molecule has 1 fully saturated rings. The number of piperazine rings is 1. The van der Waals surface area contributed by atoms with Crippen LogP contribution in [-0.4, -0.2) is 42.0 Å². The minimum atomic E-state index is -0.209. The zero-order valence-electron chi connectivity index (χ0n) is 17.1. The summed E-state index contributed by atoms with van der Waals surface area (Å²) in [5.41, 5.74) is 2.67. The molecule has 1 saturated heterocycles. The molecule has 0 saturated carbocycles. The van der Waals surface area contributed by atoms with Gasteiger partial charge in [0.2, 0.25) is 0 Å². The van der Waals surface area contributed by atoms with Crippen molar-refractivity contribution in [3.63, 3.8) is 0 Å². The van der Waals surface area contributed by atoms with Gasteiger partial charge < -0.3 is 10.2 Å². The minimum absolute atomic E-state index is 0.143. The molecular formula is C24H24ClFN4O. The van der Waals surface area contributed by atoms with Gasteiger partial charge in [-0.25, -0.2) is 9.37 Å². The molecule has 5 nitrogen and oxygen atoms in total. The lowest BCUT2D eigenvalue weighted by Crippen LogP contribution is -2.46. The molecule has 0 aliphatic carbocycles. The summed E-state index contributed by atoms with van der Waals surface area (Å²) in [6.07, 6.45) is 1.78. The normalized spacial score (nSPS) is 14.5. The molecule has 0 spiro atoms. The Morgan fingerprint density at radius 1 is 1.00 bits per heavy atom. The van der Waals surface area contributed by atoms with E-state index in [-0.39, 0.29) is 11.7 Å². The van der Waals surface area contributed by atoms with Crippen LogP contribution in [0.3, 0.4) is 0 Å². The van der Waals surface area contributed by atoms with E-state index >= 15 is 0 Å². The molecule has 1 aliphatic rings. The average molecular weight is 439 g/mol. The van der Waals surface area contributed by atoms with E-state index in [0.29, 0.717) is 17.1 Å². The molecule has 1 aromatic heterocycles. The molecule has 2 aromatic carbocycles. The van der Waals surface area contributed by atoms with E-state index in [1.54, 1.807) is 30.5 Å². The predicted molar refractivity (Wildman–Crippen MR) is 121 cm³/mol. The third-order valence-electron chi connectivity index (χ3n) is 5.40. The zero-order valence-corrected chi connectivity index (χ0v) is 17.9. The maximum atomic E-state index is 13.1. The second-order valence-electron chi connectivity index (χ2n) is 7.57. The highest BCUT2D eigenvalue weighted by molar-refractivity contribution is 6.30. The second-order valence-corrected chi connectivity index (χ2v) is 8.00. The number of pyridine rings is 1. The number of amides is 1. The Morgan fingerprint density at radius 3 is 2.42 bits per heavy atom. The van der Waals surface area contributed by atoms with Crippen LogP contribution < -0.4 is 10.2 Å². The molecule has 4 rings (SSSR count). The topological polar surface area (TPSA) is 48.5 Å². The van der Waals surface area contributed by atoms with Crippen LogP contribution in [0.1, 0.15) is 21.5 Å². The number of nitrogens with zero attached hydrogens (tertiary/aromatic N) is 3. The summed E-state index contributed by atoms with van der Waals surface area (Å²) in [7, 11) is 0. The van der Waals surface area contributed by atoms with Gasteiger partial charge in [0.15, 0.2) is 0 Å². The Morgan fingerprint density at radius 2 is 1.71 bits per heavy atom. The van der Waals surface area contributed by atoms with Crippen LogP contribution in [0.5, 0.6) is 0 Å². The Kier molecular flexibility index (Phi) is 6.79. The quantitative estimate of drug-likeness (QED) is 0.628. The number of carbonyl (C=O) groups is 1. The van der Waals surface area contributed by atoms with Crippen LogP contribution in [0, 0.1) is 5.82 Å². The van der Waals surface area contributed by atoms with E-state index in [1.165, 1.54) is 12.1 Å². The van der Waals surface area contributed by atoms with Gasteiger partial charge in [0.25, 0.3) is 5.91 Å². The third kappa shape index (κ3) is 5.60. The largest absolute Gasteiger partial charge is 0.354 e. The molecule has 160 valence electrons. The van der Waals surface area contributed by atoms with E-state index < -0.39 is 0 Å². The fourth-order valence-electron chi connectivity index (χ4n) is 3.70. The zero-order chi connectivity index (χ0) is 21.6. The number of hydrogen-bond donors (Lipinski definition) is 1. The molecule has 0 radical (unpaired) electrons. The molecule has 2 heterocycles. The van der Waals surface area contributed by atoms with Crippen molar-refractivity contribution >= 4 is 23.3 Å². The Balaban J connectivity index is 1.34. The summed E-state index contributed by atoms with van der Waals surface area (Å²) in [6.45, 7) is 4.68. The molecule has 1 N–H and O–H groups in total. The van der Waals surface area contributed by atoms with E-state index in [2.05, 4.69) is 20.1 Å². The summed E-state index contributed by atoms with van der Waals surface area (Å²) in [4.78, 5) is 21.6. The molecular weight excluding hydrogens is 415 g/mol. The summed E-state index contributed by atoms with van der Waals surface area (Å²) < 4.78 is 13.1. The number of aromatic nitrogens is 1. The lowest BCUT2D eigenvalue weighted by Gasteiger charge is -2.36. The summed E-state index contributed by atoms with van der Waals surface area (Å²) >= 11 is 5.89. The fourth-order valence-corrected chi connectivity index (χ4v) is 3.82. The highest BCUT2D eigenvalue weighted by atomic mass is 35.5. The maximum Gasteiger partial charge on any atom is 0.251 e. The average Bonchev–Trinajstić information content (AvgIpc) is 2.80. The van der Waals surface area contributed by atoms with E-state index in [4.69, 9.17) is 11.6 Å². The molecule has 0 atom stereocenters. The number of hydrogen-bond acceptors (Lipinski definition) is 4. The standard InChI is InChI=1S/C24H24ClFN4O/c25-21-7-5-19(6-8-21)24(31)28-16-20-2-1-11-27-23(20)30-14-12-29(13-15-30)17-18-3-9-22(26)10-4-18/h1-11H,12-17H2,(H,28,31). The molecule has 7 heteroatoms. The number of rotatable bonds is 6. The van der Waals surface area contributed by atoms with Crippen molar-refractivity contribution in [3.8, 4) is 0 Å². The van der Waals surface area contributed by atoms with E-state index in [1.807, 2.05) is 24.3 Å². The van der Waals surface area contributed by atoms with Gasteiger partial charge in [-0.2, -0.15) is 0 Å². The van der Waals surface area contributed by atoms with E-state index in [0.717, 1.165) is 49.7 Å². The van der Waals surface area contributed by atoms with Crippen LogP contribution in [0.25, 0.3) is 0 Å². The lowest BCUT2D eigenvalue weighted by atomic mass is 10.1. The van der Waals surface area contributed by atoms with Gasteiger partial charge in [-0.1, -0.05) is 29.8 Å². The molecule has 31 heavy (non-hydrogen) atoms. The minimum Gasteiger partial charge on any atom is -0.354 e. The molecule has 3 aromatic rings. The number of halogens is 2. The first kappa shape index (κ1) is 21.3. The van der Waals surface area contributed by atoms with Crippen molar-refractivity contribution in [2.75, 3.05) is 31.1 Å². The first-order valence-corrected chi connectivity index (χ1v) is 10.7.